The molecule has 0 heterocycles. The monoisotopic (exact) mass is 206 g/mol. The van der Waals surface area contributed by atoms with Gasteiger partial charge >= 0.3 is 0 Å². The zero-order valence-electron chi connectivity index (χ0n) is 8.66. The Labute approximate surface area is 90.0 Å². The van der Waals surface area contributed by atoms with Gasteiger partial charge in [0.2, 0.25) is 0 Å². The van der Waals surface area contributed by atoms with E-state index in [0.29, 0.717) is 4.99 Å². The second kappa shape index (κ2) is 4.86. The summed E-state index contributed by atoms with van der Waals surface area (Å²) < 4.78 is 0. The van der Waals surface area contributed by atoms with Crippen LogP contribution < -0.4 is 5.43 Å². The molecule has 0 aliphatic rings. The molecule has 0 unspecified atom stereocenters. The van der Waals surface area contributed by atoms with Crippen LogP contribution in [0.25, 0.3) is 0 Å². The first-order valence-electron chi connectivity index (χ1n) is 4.47. The van der Waals surface area contributed by atoms with Gasteiger partial charge in [-0.05, 0) is 26.3 Å². The molecule has 2 nitrogen and oxygen atoms in total. The number of hydrogen-bond acceptors (Lipinski definition) is 2. The minimum atomic E-state index is 0.678. The van der Waals surface area contributed by atoms with Gasteiger partial charge < -0.3 is 0 Å². The minimum Gasteiger partial charge on any atom is -0.272 e. The molecule has 0 saturated heterocycles. The minimum absolute atomic E-state index is 0.678. The molecule has 0 bridgehead atoms. The third-order valence-corrected chi connectivity index (χ3v) is 1.91. The molecule has 0 atom stereocenters. The summed E-state index contributed by atoms with van der Waals surface area (Å²) in [4.78, 5) is 0.678. The standard InChI is InChI=1S/C11H14N2S/c1-8-5-4-6-11(7-8)9(2)12-13-10(3)14/h4-7H,1-3H3,(H,13,14)/b12-9+. The Kier molecular flexibility index (Phi) is 3.77. The van der Waals surface area contributed by atoms with Crippen LogP contribution in [0.3, 0.4) is 0 Å². The lowest BCUT2D eigenvalue weighted by Crippen LogP contribution is -2.13. The number of nitrogens with zero attached hydrogens (tertiary/aromatic N) is 1. The lowest BCUT2D eigenvalue weighted by Gasteiger charge is -2.02. The van der Waals surface area contributed by atoms with Crippen LogP contribution in [-0.4, -0.2) is 10.7 Å². The molecule has 0 spiro atoms. The van der Waals surface area contributed by atoms with Gasteiger partial charge in [-0.15, -0.1) is 0 Å². The van der Waals surface area contributed by atoms with Gasteiger partial charge in [-0.2, -0.15) is 5.10 Å². The molecule has 0 aliphatic heterocycles. The van der Waals surface area contributed by atoms with E-state index in [1.165, 1.54) is 5.56 Å². The summed E-state index contributed by atoms with van der Waals surface area (Å²) in [5.41, 5.74) is 6.08. The van der Waals surface area contributed by atoms with E-state index in [1.54, 1.807) is 0 Å². The molecule has 74 valence electrons. The number of thiocarbonyl (C=S) groups is 1. The van der Waals surface area contributed by atoms with Crippen molar-refractivity contribution in [2.45, 2.75) is 20.8 Å². The van der Waals surface area contributed by atoms with Gasteiger partial charge in [0.1, 0.15) is 0 Å². The van der Waals surface area contributed by atoms with Crippen LogP contribution in [0.5, 0.6) is 0 Å². The average molecular weight is 206 g/mol. The molecule has 1 rings (SSSR count). The van der Waals surface area contributed by atoms with Crippen LogP contribution in [0.1, 0.15) is 25.0 Å². The molecule has 0 aliphatic carbocycles. The number of aryl methyl sites for hydroxylation is 1. The van der Waals surface area contributed by atoms with E-state index in [1.807, 2.05) is 26.0 Å². The van der Waals surface area contributed by atoms with Crippen molar-refractivity contribution in [3.63, 3.8) is 0 Å². The summed E-state index contributed by atoms with van der Waals surface area (Å²) in [6, 6.07) is 8.22. The third-order valence-electron chi connectivity index (χ3n) is 1.82. The maximum absolute atomic E-state index is 4.87. The Bertz CT molecular complexity index is 369. The fourth-order valence-corrected chi connectivity index (χ4v) is 1.14. The maximum atomic E-state index is 4.87. The first-order chi connectivity index (χ1) is 6.59. The predicted octanol–water partition coefficient (Wildman–Crippen LogP) is 2.66. The van der Waals surface area contributed by atoms with E-state index >= 15 is 0 Å². The highest BCUT2D eigenvalue weighted by Gasteiger charge is 1.96. The summed E-state index contributed by atoms with van der Waals surface area (Å²) >= 11 is 4.87. The van der Waals surface area contributed by atoms with Gasteiger partial charge in [0, 0.05) is 0 Å². The first-order valence-corrected chi connectivity index (χ1v) is 4.88. The van der Waals surface area contributed by atoms with Crippen molar-refractivity contribution in [1.29, 1.82) is 0 Å². The van der Waals surface area contributed by atoms with Gasteiger partial charge in [-0.1, -0.05) is 42.0 Å². The van der Waals surface area contributed by atoms with E-state index in [-0.39, 0.29) is 0 Å². The summed E-state index contributed by atoms with van der Waals surface area (Å²) in [5, 5.41) is 4.16. The van der Waals surface area contributed by atoms with E-state index in [9.17, 15) is 0 Å². The van der Waals surface area contributed by atoms with Crippen LogP contribution >= 0.6 is 12.2 Å². The molecule has 0 saturated carbocycles. The SMILES string of the molecule is CC(=S)N/N=C(\C)c1cccc(C)c1. The Balaban J connectivity index is 2.83. The number of rotatable bonds is 2. The molecule has 1 aromatic rings. The highest BCUT2D eigenvalue weighted by Crippen LogP contribution is 2.04. The van der Waals surface area contributed by atoms with Crippen LogP contribution in [-0.2, 0) is 0 Å². The van der Waals surface area contributed by atoms with Crippen LogP contribution in [0.4, 0.5) is 0 Å². The first kappa shape index (κ1) is 10.9. The molecule has 0 aromatic heterocycles. The zero-order valence-corrected chi connectivity index (χ0v) is 9.48. The Morgan fingerprint density at radius 3 is 2.64 bits per heavy atom. The van der Waals surface area contributed by atoms with Crippen molar-refractivity contribution in [3.05, 3.63) is 35.4 Å². The highest BCUT2D eigenvalue weighted by molar-refractivity contribution is 7.80. The molecule has 3 heteroatoms. The fourth-order valence-electron chi connectivity index (χ4n) is 1.10. The average Bonchev–Trinajstić information content (AvgIpc) is 2.14. The van der Waals surface area contributed by atoms with Crippen LogP contribution in [0.2, 0.25) is 0 Å². The van der Waals surface area contributed by atoms with Crippen molar-refractivity contribution in [2.75, 3.05) is 0 Å². The number of benzene rings is 1. The van der Waals surface area contributed by atoms with E-state index in [4.69, 9.17) is 12.2 Å². The molecule has 1 N–H and O–H groups in total. The van der Waals surface area contributed by atoms with Crippen LogP contribution in [0.15, 0.2) is 29.4 Å². The van der Waals surface area contributed by atoms with Gasteiger partial charge in [-0.3, -0.25) is 5.43 Å². The summed E-state index contributed by atoms with van der Waals surface area (Å²) in [6.07, 6.45) is 0. The Morgan fingerprint density at radius 2 is 2.07 bits per heavy atom. The normalized spacial score (nSPS) is 11.2. The van der Waals surface area contributed by atoms with E-state index in [0.717, 1.165) is 11.3 Å². The lowest BCUT2D eigenvalue weighted by molar-refractivity contribution is 1.04. The van der Waals surface area contributed by atoms with Crippen molar-refractivity contribution in [2.24, 2.45) is 5.10 Å². The second-order valence-electron chi connectivity index (χ2n) is 3.23. The highest BCUT2D eigenvalue weighted by atomic mass is 32.1. The maximum Gasteiger partial charge on any atom is 0.0930 e. The summed E-state index contributed by atoms with van der Waals surface area (Å²) in [5.74, 6) is 0. The lowest BCUT2D eigenvalue weighted by atomic mass is 10.1. The molecule has 0 fully saturated rings. The van der Waals surface area contributed by atoms with Gasteiger partial charge in [0.25, 0.3) is 0 Å². The summed E-state index contributed by atoms with van der Waals surface area (Å²) in [6.45, 7) is 5.83. The molecule has 14 heavy (non-hydrogen) atoms. The Morgan fingerprint density at radius 1 is 1.36 bits per heavy atom. The second-order valence-corrected chi connectivity index (χ2v) is 3.85. The molecule has 0 amide bonds. The van der Waals surface area contributed by atoms with E-state index < -0.39 is 0 Å². The Hall–Kier alpha value is -1.22. The van der Waals surface area contributed by atoms with E-state index in [2.05, 4.69) is 29.6 Å². The third kappa shape index (κ3) is 3.26. The molecular formula is C11H14N2S. The largest absolute Gasteiger partial charge is 0.272 e. The number of nitrogens with one attached hydrogen (secondary N) is 1. The van der Waals surface area contributed by atoms with Crippen LogP contribution in [0, 0.1) is 6.92 Å². The van der Waals surface area contributed by atoms with Crippen molar-refractivity contribution < 1.29 is 0 Å². The van der Waals surface area contributed by atoms with Gasteiger partial charge in [-0.25, -0.2) is 0 Å². The van der Waals surface area contributed by atoms with Crippen molar-refractivity contribution in [3.8, 4) is 0 Å². The predicted molar refractivity (Wildman–Crippen MR) is 64.8 cm³/mol. The molecule has 0 radical (unpaired) electrons. The molecular weight excluding hydrogens is 192 g/mol. The zero-order chi connectivity index (χ0) is 10.6. The van der Waals surface area contributed by atoms with Crippen molar-refractivity contribution in [1.82, 2.24) is 5.43 Å². The number of hydrogen-bond donors (Lipinski definition) is 1. The van der Waals surface area contributed by atoms with Gasteiger partial charge in [0.05, 0.1) is 10.7 Å². The topological polar surface area (TPSA) is 24.4 Å². The van der Waals surface area contributed by atoms with Crippen molar-refractivity contribution >= 4 is 22.9 Å². The molecule has 1 aromatic carbocycles. The van der Waals surface area contributed by atoms with Gasteiger partial charge in [0.15, 0.2) is 0 Å². The number of hydrazone groups is 1. The smallest absolute Gasteiger partial charge is 0.0930 e. The summed E-state index contributed by atoms with van der Waals surface area (Å²) in [7, 11) is 0. The fraction of sp³-hybridized carbons (Fsp3) is 0.273. The quantitative estimate of drug-likeness (QED) is 0.457.